The normalized spacial score (nSPS) is 12.8. The molecular weight excluding hydrogens is 957 g/mol. The Balaban J connectivity index is 3.47. The Hall–Kier alpha value is -3.18. The van der Waals surface area contributed by atoms with Crippen molar-refractivity contribution in [2.45, 2.75) is 341 Å². The van der Waals surface area contributed by atoms with Crippen molar-refractivity contribution < 1.29 is 24.2 Å². The number of aliphatic hydroxyl groups is 1. The molecule has 0 aliphatic carbocycles. The largest absolute Gasteiger partial charge is 0.462 e. The lowest BCUT2D eigenvalue weighted by atomic mass is 10.0. The Morgan fingerprint density at radius 2 is 0.551 bits per heavy atom. The summed E-state index contributed by atoms with van der Waals surface area (Å²) in [7, 11) is 0. The number of allylic oxidation sites excluding steroid dienone is 16. The monoisotopic (exact) mass is 1080 g/mol. The molecule has 0 saturated heterocycles. The quantitative estimate of drug-likeness (QED) is 0.0373. The minimum atomic E-state index is -0.779. The van der Waals surface area contributed by atoms with Crippen LogP contribution < -0.4 is 0 Å². The van der Waals surface area contributed by atoms with Crippen LogP contribution in [-0.4, -0.2) is 36.4 Å². The maximum atomic E-state index is 12.4. The third-order valence-electron chi connectivity index (χ3n) is 14.9. The Bertz CT molecular complexity index is 1460. The third kappa shape index (κ3) is 65.3. The molecule has 1 N–H and O–H groups in total. The van der Waals surface area contributed by atoms with Gasteiger partial charge in [0.15, 0.2) is 6.10 Å². The number of aliphatic hydroxyl groups excluding tert-OH is 1. The van der Waals surface area contributed by atoms with Gasteiger partial charge in [-0.2, -0.15) is 0 Å². The highest BCUT2D eigenvalue weighted by atomic mass is 16.6. The van der Waals surface area contributed by atoms with Crippen molar-refractivity contribution in [3.8, 4) is 0 Å². The van der Waals surface area contributed by atoms with Gasteiger partial charge in [0.25, 0.3) is 0 Å². The van der Waals surface area contributed by atoms with Gasteiger partial charge in [0, 0.05) is 12.8 Å². The molecule has 0 aliphatic heterocycles. The van der Waals surface area contributed by atoms with E-state index in [4.69, 9.17) is 9.47 Å². The van der Waals surface area contributed by atoms with Crippen LogP contribution >= 0.6 is 0 Å². The molecular formula is C73H128O5. The van der Waals surface area contributed by atoms with E-state index in [0.717, 1.165) is 83.5 Å². The number of hydrogen-bond donors (Lipinski definition) is 1. The maximum Gasteiger partial charge on any atom is 0.306 e. The summed E-state index contributed by atoms with van der Waals surface area (Å²) in [5.74, 6) is -0.584. The minimum absolute atomic E-state index is 0.0676. The predicted octanol–water partition coefficient (Wildman–Crippen LogP) is 23.4. The highest BCUT2D eigenvalue weighted by Gasteiger charge is 2.16. The molecule has 1 atom stereocenters. The molecule has 450 valence electrons. The molecule has 0 radical (unpaired) electrons. The van der Waals surface area contributed by atoms with E-state index in [9.17, 15) is 14.7 Å². The highest BCUT2D eigenvalue weighted by Crippen LogP contribution is 2.17. The maximum absolute atomic E-state index is 12.4. The Labute approximate surface area is 485 Å². The fraction of sp³-hybridized carbons (Fsp3) is 0.753. The first-order chi connectivity index (χ1) is 38.6. The molecule has 5 nitrogen and oxygen atoms in total. The fourth-order valence-corrected chi connectivity index (χ4v) is 9.83. The van der Waals surface area contributed by atoms with Crippen LogP contribution in [0, 0.1) is 0 Å². The predicted molar refractivity (Wildman–Crippen MR) is 343 cm³/mol. The lowest BCUT2D eigenvalue weighted by molar-refractivity contribution is -0.161. The van der Waals surface area contributed by atoms with Crippen LogP contribution in [0.25, 0.3) is 0 Å². The van der Waals surface area contributed by atoms with Crippen molar-refractivity contribution in [1.82, 2.24) is 0 Å². The third-order valence-corrected chi connectivity index (χ3v) is 14.9. The SMILES string of the molecule is CC/C=C\C/C=C\C/C=C\C/C=C\C/C=C\C/C=C\C/C=C\CCCCCCCCCCCCCC(=O)OC(CO)COC(=O)CCCCCCCCCCCCCCCCCCCCC/C=C\CCCCCCCCCC. The van der Waals surface area contributed by atoms with E-state index in [2.05, 4.69) is 111 Å². The molecule has 78 heavy (non-hydrogen) atoms. The number of carbonyl (C=O) groups excluding carboxylic acids is 2. The molecule has 0 aromatic carbocycles. The van der Waals surface area contributed by atoms with Gasteiger partial charge in [0.2, 0.25) is 0 Å². The summed E-state index contributed by atoms with van der Waals surface area (Å²) in [5, 5.41) is 9.70. The molecule has 0 amide bonds. The zero-order valence-electron chi connectivity index (χ0n) is 51.7. The topological polar surface area (TPSA) is 72.8 Å². The van der Waals surface area contributed by atoms with Crippen LogP contribution in [0.5, 0.6) is 0 Å². The molecule has 0 bridgehead atoms. The molecule has 0 spiro atoms. The number of hydrogen-bond acceptors (Lipinski definition) is 5. The first-order valence-corrected chi connectivity index (χ1v) is 33.8. The number of ether oxygens (including phenoxy) is 2. The average molecular weight is 1090 g/mol. The summed E-state index contributed by atoms with van der Waals surface area (Å²) in [5.41, 5.74) is 0. The van der Waals surface area contributed by atoms with E-state index >= 15 is 0 Å². The van der Waals surface area contributed by atoms with Crippen molar-refractivity contribution in [2.75, 3.05) is 13.2 Å². The molecule has 0 fully saturated rings. The standard InChI is InChI=1S/C73H128O5/c1-3-5-7-9-11-13-15-17-19-21-23-25-27-29-31-33-35-36-38-40-42-44-46-48-50-52-54-56-58-60-62-64-66-68-73(76)78-71(69-74)70-77-72(75)67-65-63-61-59-57-55-53-51-49-47-45-43-41-39-37-34-32-30-28-26-24-22-20-18-16-14-12-10-8-6-4-2/h5,7,11,13,17,19,22-25,29,31,35-36,40,42,71,74H,3-4,6,8-10,12,14-16,18,20-21,26-28,30,32-34,37-39,41,43-70H2,1-2H3/b7-5-,13-11-,19-17-,24-22-,25-23-,31-29-,36-35-,42-40-. The minimum Gasteiger partial charge on any atom is -0.462 e. The Morgan fingerprint density at radius 3 is 0.846 bits per heavy atom. The lowest BCUT2D eigenvalue weighted by Gasteiger charge is -2.15. The summed E-state index contributed by atoms with van der Waals surface area (Å²) in [6.45, 7) is 4.06. The van der Waals surface area contributed by atoms with Gasteiger partial charge in [-0.05, 0) is 96.3 Å². The van der Waals surface area contributed by atoms with E-state index in [0.29, 0.717) is 12.8 Å². The molecule has 0 aromatic rings. The summed E-state index contributed by atoms with van der Waals surface area (Å²) in [6, 6.07) is 0. The molecule has 5 heteroatoms. The molecule has 0 aliphatic rings. The van der Waals surface area contributed by atoms with E-state index in [1.807, 2.05) is 0 Å². The van der Waals surface area contributed by atoms with Crippen LogP contribution in [0.3, 0.4) is 0 Å². The van der Waals surface area contributed by atoms with Gasteiger partial charge in [-0.1, -0.05) is 323 Å². The van der Waals surface area contributed by atoms with Crippen molar-refractivity contribution in [3.05, 3.63) is 97.2 Å². The molecule has 0 aromatic heterocycles. The molecule has 0 rings (SSSR count). The zero-order valence-corrected chi connectivity index (χ0v) is 51.7. The van der Waals surface area contributed by atoms with E-state index in [-0.39, 0.29) is 25.2 Å². The Kier molecular flexibility index (Phi) is 65.3. The summed E-state index contributed by atoms with van der Waals surface area (Å²) in [6.07, 6.45) is 97.1. The van der Waals surface area contributed by atoms with Crippen LogP contribution in [0.2, 0.25) is 0 Å². The number of esters is 2. The first kappa shape index (κ1) is 74.8. The number of carbonyl (C=O) groups is 2. The van der Waals surface area contributed by atoms with E-state index in [1.54, 1.807) is 0 Å². The van der Waals surface area contributed by atoms with Crippen molar-refractivity contribution in [2.24, 2.45) is 0 Å². The second-order valence-electron chi connectivity index (χ2n) is 22.5. The fourth-order valence-electron chi connectivity index (χ4n) is 9.83. The second-order valence-corrected chi connectivity index (χ2v) is 22.5. The summed E-state index contributed by atoms with van der Waals surface area (Å²) >= 11 is 0. The molecule has 1 unspecified atom stereocenters. The summed E-state index contributed by atoms with van der Waals surface area (Å²) in [4.78, 5) is 24.6. The van der Waals surface area contributed by atoms with Crippen LogP contribution in [0.1, 0.15) is 335 Å². The van der Waals surface area contributed by atoms with Gasteiger partial charge >= 0.3 is 11.9 Å². The van der Waals surface area contributed by atoms with Crippen LogP contribution in [-0.2, 0) is 19.1 Å². The second kappa shape index (κ2) is 68.1. The highest BCUT2D eigenvalue weighted by molar-refractivity contribution is 5.70. The number of rotatable bonds is 62. The van der Waals surface area contributed by atoms with Gasteiger partial charge in [-0.25, -0.2) is 0 Å². The van der Waals surface area contributed by atoms with Crippen molar-refractivity contribution in [1.29, 1.82) is 0 Å². The van der Waals surface area contributed by atoms with Gasteiger partial charge in [-0.3, -0.25) is 9.59 Å². The van der Waals surface area contributed by atoms with Crippen molar-refractivity contribution in [3.63, 3.8) is 0 Å². The molecule has 0 heterocycles. The molecule has 0 saturated carbocycles. The van der Waals surface area contributed by atoms with Gasteiger partial charge in [0.1, 0.15) is 6.61 Å². The van der Waals surface area contributed by atoms with E-state index in [1.165, 1.54) is 225 Å². The van der Waals surface area contributed by atoms with Gasteiger partial charge < -0.3 is 14.6 Å². The van der Waals surface area contributed by atoms with Crippen molar-refractivity contribution >= 4 is 11.9 Å². The summed E-state index contributed by atoms with van der Waals surface area (Å²) < 4.78 is 10.8. The number of unbranched alkanes of at least 4 members (excludes halogenated alkanes) is 38. The lowest BCUT2D eigenvalue weighted by Crippen LogP contribution is -2.28. The first-order valence-electron chi connectivity index (χ1n) is 33.8. The zero-order chi connectivity index (χ0) is 56.2. The van der Waals surface area contributed by atoms with Gasteiger partial charge in [-0.15, -0.1) is 0 Å². The Morgan fingerprint density at radius 1 is 0.308 bits per heavy atom. The van der Waals surface area contributed by atoms with Crippen LogP contribution in [0.15, 0.2) is 97.2 Å². The van der Waals surface area contributed by atoms with E-state index < -0.39 is 6.10 Å². The van der Waals surface area contributed by atoms with Gasteiger partial charge in [0.05, 0.1) is 6.61 Å². The van der Waals surface area contributed by atoms with Crippen LogP contribution in [0.4, 0.5) is 0 Å². The smallest absolute Gasteiger partial charge is 0.306 e. The average Bonchev–Trinajstić information content (AvgIpc) is 3.44.